The molecule has 5 aliphatic rings. The van der Waals surface area contributed by atoms with Gasteiger partial charge in [0, 0.05) is 24.5 Å². The molecule has 1 heterocycles. The molecule has 7 atom stereocenters. The van der Waals surface area contributed by atoms with Crippen molar-refractivity contribution in [3.05, 3.63) is 11.6 Å². The normalized spacial score (nSPS) is 47.8. The van der Waals surface area contributed by atoms with Crippen molar-refractivity contribution in [2.24, 2.45) is 28.6 Å². The third-order valence-corrected chi connectivity index (χ3v) is 8.73. The van der Waals surface area contributed by atoms with Crippen LogP contribution in [0.4, 0.5) is 0 Å². The van der Waals surface area contributed by atoms with Crippen molar-refractivity contribution in [3.8, 4) is 0 Å². The molecule has 0 amide bonds. The lowest BCUT2D eigenvalue weighted by molar-refractivity contribution is -0.234. The summed E-state index contributed by atoms with van der Waals surface area (Å²) in [5.41, 5.74) is 1.50. The molecule has 4 heteroatoms. The molecule has 4 aliphatic carbocycles. The molecule has 4 fully saturated rings. The Hall–Kier alpha value is -0.710. The van der Waals surface area contributed by atoms with Crippen LogP contribution in [0.2, 0.25) is 0 Å². The Balaban J connectivity index is 1.51. The molecule has 27 heavy (non-hydrogen) atoms. The zero-order valence-corrected chi connectivity index (χ0v) is 17.0. The summed E-state index contributed by atoms with van der Waals surface area (Å²) < 4.78 is 18.1. The number of ether oxygens (including phenoxy) is 3. The maximum absolute atomic E-state index is 13.4. The molecule has 0 unspecified atom stereocenters. The van der Waals surface area contributed by atoms with Crippen LogP contribution in [0.3, 0.4) is 0 Å². The van der Waals surface area contributed by atoms with E-state index in [0.29, 0.717) is 36.9 Å². The predicted molar refractivity (Wildman–Crippen MR) is 102 cm³/mol. The molecule has 0 aromatic carbocycles. The van der Waals surface area contributed by atoms with Crippen molar-refractivity contribution >= 4 is 5.78 Å². The van der Waals surface area contributed by atoms with Gasteiger partial charge in [0.25, 0.3) is 0 Å². The average molecular weight is 375 g/mol. The minimum Gasteiger partial charge on any atom is -0.365 e. The second-order valence-corrected chi connectivity index (χ2v) is 9.70. The number of ketones is 1. The number of carbonyl (C=O) groups is 1. The van der Waals surface area contributed by atoms with E-state index < -0.39 is 0 Å². The molecule has 4 nitrogen and oxygen atoms in total. The van der Waals surface area contributed by atoms with Gasteiger partial charge in [-0.05, 0) is 81.3 Å². The standard InChI is InChI=1S/C23H34O4/c1-4-25-21(26-5-2)23-10-6-7-15(23)19-14(8-12-23)22(3)11-9-18-20(27-18)16(22)13-17(19)24/h13-15,18-21H,4-12H2,1-3H3/t14-,15-,18+,19+,20-,22+,23+/m0/s1. The Kier molecular flexibility index (Phi) is 4.34. The van der Waals surface area contributed by atoms with E-state index in [0.717, 1.165) is 32.1 Å². The smallest absolute Gasteiger partial charge is 0.163 e. The first kappa shape index (κ1) is 18.3. The average Bonchev–Trinajstić information content (AvgIpc) is 3.31. The molecule has 0 radical (unpaired) electrons. The highest BCUT2D eigenvalue weighted by Crippen LogP contribution is 2.67. The van der Waals surface area contributed by atoms with Gasteiger partial charge in [0.1, 0.15) is 6.10 Å². The first-order valence-electron chi connectivity index (χ1n) is 11.2. The Morgan fingerprint density at radius 2 is 1.89 bits per heavy atom. The third-order valence-electron chi connectivity index (χ3n) is 8.73. The second-order valence-electron chi connectivity index (χ2n) is 9.70. The first-order chi connectivity index (χ1) is 13.0. The van der Waals surface area contributed by atoms with Crippen molar-refractivity contribution in [2.45, 2.75) is 84.2 Å². The highest BCUT2D eigenvalue weighted by atomic mass is 16.7. The van der Waals surface area contributed by atoms with E-state index >= 15 is 0 Å². The molecule has 5 rings (SSSR count). The molecular weight excluding hydrogens is 340 g/mol. The van der Waals surface area contributed by atoms with Gasteiger partial charge in [-0.25, -0.2) is 0 Å². The van der Waals surface area contributed by atoms with Crippen LogP contribution >= 0.6 is 0 Å². The molecule has 150 valence electrons. The number of epoxide rings is 1. The number of allylic oxidation sites excluding steroid dienone is 1. The molecule has 3 saturated carbocycles. The molecule has 0 N–H and O–H groups in total. The van der Waals surface area contributed by atoms with Crippen LogP contribution < -0.4 is 0 Å². The summed E-state index contributed by atoms with van der Waals surface area (Å²) in [6.07, 6.45) is 10.5. The van der Waals surface area contributed by atoms with Gasteiger partial charge in [0.05, 0.1) is 6.10 Å². The molecule has 0 aromatic rings. The topological polar surface area (TPSA) is 48.1 Å². The fraction of sp³-hybridized carbons (Fsp3) is 0.870. The minimum atomic E-state index is -0.158. The van der Waals surface area contributed by atoms with Crippen LogP contribution in [0.15, 0.2) is 11.6 Å². The number of carbonyl (C=O) groups excluding carboxylic acids is 1. The lowest BCUT2D eigenvalue weighted by Crippen LogP contribution is -2.56. The van der Waals surface area contributed by atoms with Gasteiger partial charge in [0.2, 0.25) is 0 Å². The predicted octanol–water partition coefficient (Wildman–Crippen LogP) is 4.27. The van der Waals surface area contributed by atoms with Gasteiger partial charge in [-0.1, -0.05) is 13.3 Å². The van der Waals surface area contributed by atoms with Crippen molar-refractivity contribution in [1.82, 2.24) is 0 Å². The van der Waals surface area contributed by atoms with E-state index in [4.69, 9.17) is 14.2 Å². The summed E-state index contributed by atoms with van der Waals surface area (Å²) in [5.74, 6) is 1.38. The summed E-state index contributed by atoms with van der Waals surface area (Å²) in [7, 11) is 0. The Morgan fingerprint density at radius 1 is 1.11 bits per heavy atom. The van der Waals surface area contributed by atoms with Crippen LogP contribution in [-0.4, -0.2) is 37.5 Å². The largest absolute Gasteiger partial charge is 0.365 e. The molecule has 0 bridgehead atoms. The first-order valence-corrected chi connectivity index (χ1v) is 11.2. The molecular formula is C23H34O4. The second kappa shape index (κ2) is 6.40. The lowest BCUT2D eigenvalue weighted by Gasteiger charge is -2.57. The van der Waals surface area contributed by atoms with Gasteiger partial charge in [-0.3, -0.25) is 4.79 Å². The number of hydrogen-bond acceptors (Lipinski definition) is 4. The quantitative estimate of drug-likeness (QED) is 0.532. The van der Waals surface area contributed by atoms with E-state index in [1.165, 1.54) is 18.4 Å². The van der Waals surface area contributed by atoms with Crippen LogP contribution in [0.25, 0.3) is 0 Å². The molecule has 0 aromatic heterocycles. The van der Waals surface area contributed by atoms with Crippen molar-refractivity contribution in [1.29, 1.82) is 0 Å². The highest BCUT2D eigenvalue weighted by Gasteiger charge is 2.65. The van der Waals surface area contributed by atoms with Crippen LogP contribution in [0, 0.1) is 28.6 Å². The summed E-state index contributed by atoms with van der Waals surface area (Å²) in [6.45, 7) is 7.86. The maximum atomic E-state index is 13.4. The van der Waals surface area contributed by atoms with E-state index in [-0.39, 0.29) is 29.1 Å². The fourth-order valence-electron chi connectivity index (χ4n) is 7.50. The fourth-order valence-corrected chi connectivity index (χ4v) is 7.50. The summed E-state index contributed by atoms with van der Waals surface area (Å²) in [6, 6.07) is 0. The Labute approximate surface area is 163 Å². The monoisotopic (exact) mass is 374 g/mol. The number of fused-ring (bicyclic) bond motifs is 7. The van der Waals surface area contributed by atoms with Gasteiger partial charge in [-0.2, -0.15) is 0 Å². The molecule has 0 spiro atoms. The maximum Gasteiger partial charge on any atom is 0.163 e. The van der Waals surface area contributed by atoms with E-state index in [9.17, 15) is 4.79 Å². The summed E-state index contributed by atoms with van der Waals surface area (Å²) in [5, 5.41) is 0. The minimum absolute atomic E-state index is 0.0256. The van der Waals surface area contributed by atoms with Crippen LogP contribution in [0.5, 0.6) is 0 Å². The molecule has 1 saturated heterocycles. The van der Waals surface area contributed by atoms with Crippen molar-refractivity contribution in [2.75, 3.05) is 13.2 Å². The zero-order valence-electron chi connectivity index (χ0n) is 17.0. The third kappa shape index (κ3) is 2.49. The van der Waals surface area contributed by atoms with Gasteiger partial charge < -0.3 is 14.2 Å². The van der Waals surface area contributed by atoms with E-state index in [2.05, 4.69) is 6.92 Å². The van der Waals surface area contributed by atoms with Gasteiger partial charge in [-0.15, -0.1) is 0 Å². The zero-order chi connectivity index (χ0) is 18.8. The van der Waals surface area contributed by atoms with Gasteiger partial charge >= 0.3 is 0 Å². The van der Waals surface area contributed by atoms with Crippen molar-refractivity contribution in [3.63, 3.8) is 0 Å². The Bertz CT molecular complexity index is 651. The lowest BCUT2D eigenvalue weighted by atomic mass is 9.47. The van der Waals surface area contributed by atoms with E-state index in [1.54, 1.807) is 0 Å². The number of hydrogen-bond donors (Lipinski definition) is 0. The molecule has 1 aliphatic heterocycles. The van der Waals surface area contributed by atoms with Crippen LogP contribution in [-0.2, 0) is 19.0 Å². The van der Waals surface area contributed by atoms with Gasteiger partial charge in [0.15, 0.2) is 12.1 Å². The Morgan fingerprint density at radius 3 is 2.63 bits per heavy atom. The number of rotatable bonds is 5. The summed E-state index contributed by atoms with van der Waals surface area (Å²) >= 11 is 0. The summed E-state index contributed by atoms with van der Waals surface area (Å²) in [4.78, 5) is 13.4. The van der Waals surface area contributed by atoms with Crippen LogP contribution in [0.1, 0.15) is 65.7 Å². The van der Waals surface area contributed by atoms with E-state index in [1.807, 2.05) is 19.9 Å². The highest BCUT2D eigenvalue weighted by molar-refractivity contribution is 5.95. The SMILES string of the molecule is CCOC(OCC)[C@@]12CCC[C@H]1[C@@H]1C(=O)C=C3[C@@H]4O[C@@H]4CC[C@]3(C)[C@H]1CC2. The van der Waals surface area contributed by atoms with Crippen molar-refractivity contribution < 1.29 is 19.0 Å².